The molecule has 3 rings (SSSR count). The zero-order valence-electron chi connectivity index (χ0n) is 15.2. The van der Waals surface area contributed by atoms with Crippen LogP contribution in [0.15, 0.2) is 30.7 Å². The summed E-state index contributed by atoms with van der Waals surface area (Å²) >= 11 is 5.99. The Morgan fingerprint density at radius 2 is 1.93 bits per heavy atom. The highest BCUT2D eigenvalue weighted by molar-refractivity contribution is 6.76. The van der Waals surface area contributed by atoms with Gasteiger partial charge in [-0.2, -0.15) is 9.78 Å². The number of hydrogen-bond acceptors (Lipinski definition) is 3. The molecule has 0 aliphatic carbocycles. The summed E-state index contributed by atoms with van der Waals surface area (Å²) < 4.78 is 46.1. The van der Waals surface area contributed by atoms with Gasteiger partial charge in [0.1, 0.15) is 11.9 Å². The van der Waals surface area contributed by atoms with Crippen molar-refractivity contribution in [2.75, 3.05) is 6.61 Å². The second-order valence-corrected chi connectivity index (χ2v) is 13.5. The molecule has 27 heavy (non-hydrogen) atoms. The topological polar surface area (TPSA) is 44.9 Å². The fraction of sp³-hybridized carbons (Fsp3) is 0.412. The molecule has 0 N–H and O–H groups in total. The van der Waals surface area contributed by atoms with E-state index < -0.39 is 14.4 Å². The number of rotatable bonds is 6. The van der Waals surface area contributed by atoms with Crippen molar-refractivity contribution in [1.82, 2.24) is 19.3 Å². The van der Waals surface area contributed by atoms with Crippen molar-refractivity contribution in [3.63, 3.8) is 0 Å². The molecule has 0 aliphatic heterocycles. The molecule has 0 saturated heterocycles. The Morgan fingerprint density at radius 1 is 1.19 bits per heavy atom. The summed E-state index contributed by atoms with van der Waals surface area (Å²) in [6.45, 7) is 7.73. The average Bonchev–Trinajstić information content (AvgIpc) is 3.15. The molecule has 0 atom stereocenters. The first-order valence-corrected chi connectivity index (χ1v) is 12.5. The predicted octanol–water partition coefficient (Wildman–Crippen LogP) is 5.34. The van der Waals surface area contributed by atoms with E-state index in [1.807, 2.05) is 4.57 Å². The molecule has 0 unspecified atom stereocenters. The van der Waals surface area contributed by atoms with Crippen molar-refractivity contribution in [3.05, 3.63) is 35.9 Å². The van der Waals surface area contributed by atoms with Gasteiger partial charge in [0, 0.05) is 38.2 Å². The van der Waals surface area contributed by atoms with Gasteiger partial charge in [-0.3, -0.25) is 0 Å². The highest BCUT2D eigenvalue weighted by atomic mass is 35.5. The SMILES string of the molecule is C[Si](C)(C)CCOCn1cc(-c2cnn(C(F)(F)F)c2)c2nc(Cl)ccc21. The third kappa shape index (κ3) is 4.71. The molecule has 3 aromatic heterocycles. The minimum absolute atomic E-state index is 0.0273. The van der Waals surface area contributed by atoms with Crippen LogP contribution in [0.5, 0.6) is 0 Å². The van der Waals surface area contributed by atoms with Gasteiger partial charge < -0.3 is 9.30 Å². The molecule has 0 bridgehead atoms. The van der Waals surface area contributed by atoms with Crippen molar-refractivity contribution in [2.24, 2.45) is 0 Å². The highest BCUT2D eigenvalue weighted by Gasteiger charge is 2.32. The minimum Gasteiger partial charge on any atom is -0.361 e. The molecule has 10 heteroatoms. The van der Waals surface area contributed by atoms with Crippen LogP contribution in [0, 0.1) is 0 Å². The summed E-state index contributed by atoms with van der Waals surface area (Å²) in [5.41, 5.74) is 2.09. The highest BCUT2D eigenvalue weighted by Crippen LogP contribution is 2.32. The molecule has 146 valence electrons. The van der Waals surface area contributed by atoms with Crippen LogP contribution < -0.4 is 0 Å². The lowest BCUT2D eigenvalue weighted by molar-refractivity contribution is -0.212. The molecule has 0 fully saturated rings. The number of alkyl halides is 3. The average molecular weight is 417 g/mol. The first kappa shape index (κ1) is 19.9. The predicted molar refractivity (Wildman–Crippen MR) is 101 cm³/mol. The van der Waals surface area contributed by atoms with Crippen LogP contribution in [0.25, 0.3) is 22.2 Å². The monoisotopic (exact) mass is 416 g/mol. The van der Waals surface area contributed by atoms with Crippen molar-refractivity contribution >= 4 is 30.7 Å². The number of hydrogen-bond donors (Lipinski definition) is 0. The Labute approximate surface area is 160 Å². The first-order valence-electron chi connectivity index (χ1n) is 8.40. The molecule has 0 amide bonds. The van der Waals surface area contributed by atoms with E-state index in [4.69, 9.17) is 16.3 Å². The largest absolute Gasteiger partial charge is 0.504 e. The van der Waals surface area contributed by atoms with Crippen molar-refractivity contribution in [3.8, 4) is 11.1 Å². The number of fused-ring (bicyclic) bond motifs is 1. The molecule has 5 nitrogen and oxygen atoms in total. The van der Waals surface area contributed by atoms with Gasteiger partial charge in [-0.15, -0.1) is 13.2 Å². The Kier molecular flexibility index (Phi) is 5.37. The number of aromatic nitrogens is 4. The van der Waals surface area contributed by atoms with Crippen LogP contribution in [0.4, 0.5) is 13.2 Å². The number of halogens is 4. The summed E-state index contributed by atoms with van der Waals surface area (Å²) in [5.74, 6) is 0. The van der Waals surface area contributed by atoms with Gasteiger partial charge >= 0.3 is 6.30 Å². The minimum atomic E-state index is -4.57. The van der Waals surface area contributed by atoms with E-state index >= 15 is 0 Å². The van der Waals surface area contributed by atoms with E-state index in [2.05, 4.69) is 29.7 Å². The van der Waals surface area contributed by atoms with Crippen LogP contribution in [0.3, 0.4) is 0 Å². The molecular weight excluding hydrogens is 397 g/mol. The molecule has 0 spiro atoms. The third-order valence-corrected chi connectivity index (χ3v) is 5.98. The van der Waals surface area contributed by atoms with Crippen LogP contribution in [0.2, 0.25) is 30.8 Å². The molecule has 3 aromatic rings. The van der Waals surface area contributed by atoms with E-state index in [0.717, 1.165) is 17.8 Å². The molecule has 3 heterocycles. The van der Waals surface area contributed by atoms with Gasteiger partial charge in [-0.1, -0.05) is 31.2 Å². The number of ether oxygens (including phenoxy) is 1. The normalized spacial score (nSPS) is 12.9. The molecule has 0 aliphatic rings. The van der Waals surface area contributed by atoms with E-state index in [-0.39, 0.29) is 16.6 Å². The Hall–Kier alpha value is -1.84. The van der Waals surface area contributed by atoms with Gasteiger partial charge in [0.05, 0.1) is 17.2 Å². The molecular formula is C17H20ClF3N4OSi. The number of nitrogens with zero attached hydrogens (tertiary/aromatic N) is 4. The molecule has 0 saturated carbocycles. The van der Waals surface area contributed by atoms with E-state index in [9.17, 15) is 13.2 Å². The summed E-state index contributed by atoms with van der Waals surface area (Å²) in [6, 6.07) is 4.46. The maximum Gasteiger partial charge on any atom is 0.504 e. The fourth-order valence-electron chi connectivity index (χ4n) is 2.60. The first-order chi connectivity index (χ1) is 12.5. The van der Waals surface area contributed by atoms with Crippen molar-refractivity contribution in [1.29, 1.82) is 0 Å². The summed E-state index contributed by atoms with van der Waals surface area (Å²) in [4.78, 5) is 4.29. The fourth-order valence-corrected chi connectivity index (χ4v) is 3.51. The summed E-state index contributed by atoms with van der Waals surface area (Å²) in [5, 5.41) is 3.67. The van der Waals surface area contributed by atoms with E-state index in [1.165, 1.54) is 6.20 Å². The van der Waals surface area contributed by atoms with E-state index in [0.29, 0.717) is 23.3 Å². The van der Waals surface area contributed by atoms with Gasteiger partial charge in [0.15, 0.2) is 0 Å². The van der Waals surface area contributed by atoms with Crippen LogP contribution in [-0.4, -0.2) is 34.0 Å². The lowest BCUT2D eigenvalue weighted by Gasteiger charge is -2.15. The number of pyridine rings is 1. The Morgan fingerprint density at radius 3 is 2.56 bits per heavy atom. The van der Waals surface area contributed by atoms with Crippen LogP contribution in [0.1, 0.15) is 0 Å². The van der Waals surface area contributed by atoms with Crippen LogP contribution in [-0.2, 0) is 17.8 Å². The van der Waals surface area contributed by atoms with Gasteiger partial charge in [-0.25, -0.2) is 4.98 Å². The Bertz CT molecular complexity index is 946. The van der Waals surface area contributed by atoms with Gasteiger partial charge in [0.25, 0.3) is 0 Å². The summed E-state index contributed by atoms with van der Waals surface area (Å²) in [6.07, 6.45) is -0.739. The quantitative estimate of drug-likeness (QED) is 0.309. The Balaban J connectivity index is 1.91. The lowest BCUT2D eigenvalue weighted by Crippen LogP contribution is -2.21. The summed E-state index contributed by atoms with van der Waals surface area (Å²) in [7, 11) is -1.20. The van der Waals surface area contributed by atoms with Gasteiger partial charge in [0.2, 0.25) is 0 Å². The van der Waals surface area contributed by atoms with E-state index in [1.54, 1.807) is 18.3 Å². The standard InChI is InChI=1S/C17H20ClF3N4OSi/c1-27(2,3)7-6-26-11-24-10-13(16-14(24)4-5-15(18)23-16)12-8-22-25(9-12)17(19,20)21/h4-5,8-10H,6-7,11H2,1-3H3. The molecule has 0 aromatic carbocycles. The van der Waals surface area contributed by atoms with Crippen LogP contribution >= 0.6 is 11.6 Å². The maximum atomic E-state index is 12.8. The second-order valence-electron chi connectivity index (χ2n) is 7.50. The lowest BCUT2D eigenvalue weighted by atomic mass is 10.2. The van der Waals surface area contributed by atoms with Crippen molar-refractivity contribution < 1.29 is 17.9 Å². The zero-order valence-corrected chi connectivity index (χ0v) is 17.0. The van der Waals surface area contributed by atoms with Gasteiger partial charge in [-0.05, 0) is 18.2 Å². The smallest absolute Gasteiger partial charge is 0.361 e. The maximum absolute atomic E-state index is 12.8. The van der Waals surface area contributed by atoms with Crippen molar-refractivity contribution in [2.45, 2.75) is 38.7 Å². The second kappa shape index (κ2) is 7.29. The third-order valence-electron chi connectivity index (χ3n) is 4.07. The zero-order chi connectivity index (χ0) is 19.8. The molecule has 0 radical (unpaired) electrons.